The summed E-state index contributed by atoms with van der Waals surface area (Å²) in [6, 6.07) is 6.16. The SMILES string of the molecule is OCCN(Cc1cc(-c2ccco2)on1)C1CCCCC1. The summed E-state index contributed by atoms with van der Waals surface area (Å²) in [5.74, 6) is 1.35. The van der Waals surface area contributed by atoms with Crippen LogP contribution >= 0.6 is 0 Å². The maximum absolute atomic E-state index is 9.30. The predicted molar refractivity (Wildman–Crippen MR) is 78.6 cm³/mol. The van der Waals surface area contributed by atoms with Crippen molar-refractivity contribution in [3.05, 3.63) is 30.2 Å². The monoisotopic (exact) mass is 290 g/mol. The van der Waals surface area contributed by atoms with Gasteiger partial charge in [-0.2, -0.15) is 0 Å². The molecule has 21 heavy (non-hydrogen) atoms. The molecule has 0 unspecified atom stereocenters. The van der Waals surface area contributed by atoms with Crippen LogP contribution < -0.4 is 0 Å². The summed E-state index contributed by atoms with van der Waals surface area (Å²) in [6.45, 7) is 1.59. The van der Waals surface area contributed by atoms with E-state index in [1.807, 2.05) is 18.2 Å². The molecule has 1 N–H and O–H groups in total. The summed E-state index contributed by atoms with van der Waals surface area (Å²) >= 11 is 0. The molecule has 2 aromatic rings. The van der Waals surface area contributed by atoms with Crippen molar-refractivity contribution in [3.8, 4) is 11.5 Å². The lowest BCUT2D eigenvalue weighted by Crippen LogP contribution is -2.38. The number of aliphatic hydroxyl groups excluding tert-OH is 1. The van der Waals surface area contributed by atoms with Crippen molar-refractivity contribution in [2.24, 2.45) is 0 Å². The van der Waals surface area contributed by atoms with Crippen molar-refractivity contribution in [1.29, 1.82) is 0 Å². The van der Waals surface area contributed by atoms with E-state index in [4.69, 9.17) is 8.94 Å². The molecular formula is C16H22N2O3. The molecule has 1 saturated carbocycles. The maximum atomic E-state index is 9.30. The molecular weight excluding hydrogens is 268 g/mol. The third kappa shape index (κ3) is 3.54. The second-order valence-electron chi connectivity index (χ2n) is 5.65. The Hall–Kier alpha value is -1.59. The van der Waals surface area contributed by atoms with E-state index in [0.29, 0.717) is 24.1 Å². The summed E-state index contributed by atoms with van der Waals surface area (Å²) < 4.78 is 10.7. The second kappa shape index (κ2) is 6.91. The number of aliphatic hydroxyl groups is 1. The molecule has 0 atom stereocenters. The number of hydrogen-bond donors (Lipinski definition) is 1. The van der Waals surface area contributed by atoms with Crippen LogP contribution in [0.4, 0.5) is 0 Å². The van der Waals surface area contributed by atoms with Gasteiger partial charge >= 0.3 is 0 Å². The molecule has 0 aromatic carbocycles. The minimum absolute atomic E-state index is 0.180. The normalized spacial score (nSPS) is 16.7. The van der Waals surface area contributed by atoms with Gasteiger partial charge in [0.15, 0.2) is 5.76 Å². The van der Waals surface area contributed by atoms with Crippen molar-refractivity contribution in [2.75, 3.05) is 13.2 Å². The number of nitrogens with zero attached hydrogens (tertiary/aromatic N) is 2. The number of aromatic nitrogens is 1. The summed E-state index contributed by atoms with van der Waals surface area (Å²) in [6.07, 6.45) is 7.94. The fourth-order valence-corrected chi connectivity index (χ4v) is 3.09. The van der Waals surface area contributed by atoms with Gasteiger partial charge in [-0.3, -0.25) is 4.90 Å². The molecule has 5 nitrogen and oxygen atoms in total. The van der Waals surface area contributed by atoms with Crippen LogP contribution in [0.15, 0.2) is 33.4 Å². The van der Waals surface area contributed by atoms with Gasteiger partial charge in [-0.25, -0.2) is 0 Å². The van der Waals surface area contributed by atoms with Gasteiger partial charge in [-0.15, -0.1) is 0 Å². The first-order chi connectivity index (χ1) is 10.4. The van der Waals surface area contributed by atoms with Gasteiger partial charge in [-0.05, 0) is 25.0 Å². The molecule has 0 aliphatic heterocycles. The third-order valence-electron chi connectivity index (χ3n) is 4.17. The minimum atomic E-state index is 0.180. The Labute approximate surface area is 124 Å². The van der Waals surface area contributed by atoms with E-state index < -0.39 is 0 Å². The molecule has 1 aliphatic rings. The van der Waals surface area contributed by atoms with E-state index in [2.05, 4.69) is 10.1 Å². The van der Waals surface area contributed by atoms with Crippen molar-refractivity contribution in [3.63, 3.8) is 0 Å². The lowest BCUT2D eigenvalue weighted by Gasteiger charge is -2.33. The highest BCUT2D eigenvalue weighted by Gasteiger charge is 2.22. The Bertz CT molecular complexity index is 529. The summed E-state index contributed by atoms with van der Waals surface area (Å²) in [5, 5.41) is 13.4. The third-order valence-corrected chi connectivity index (χ3v) is 4.17. The van der Waals surface area contributed by atoms with Crippen LogP contribution in [0.1, 0.15) is 37.8 Å². The van der Waals surface area contributed by atoms with Gasteiger partial charge in [0.05, 0.1) is 18.6 Å². The molecule has 0 amide bonds. The second-order valence-corrected chi connectivity index (χ2v) is 5.65. The molecule has 0 spiro atoms. The van der Waals surface area contributed by atoms with Gasteiger partial charge in [0.25, 0.3) is 0 Å². The molecule has 1 fully saturated rings. The van der Waals surface area contributed by atoms with Crippen LogP contribution in [0.25, 0.3) is 11.5 Å². The van der Waals surface area contributed by atoms with Gasteiger partial charge < -0.3 is 14.0 Å². The molecule has 2 aromatic heterocycles. The molecule has 0 saturated heterocycles. The van der Waals surface area contributed by atoms with E-state index in [9.17, 15) is 5.11 Å². The molecule has 114 valence electrons. The van der Waals surface area contributed by atoms with Gasteiger partial charge in [0.2, 0.25) is 5.76 Å². The molecule has 0 bridgehead atoms. The maximum Gasteiger partial charge on any atom is 0.202 e. The van der Waals surface area contributed by atoms with Crippen LogP contribution in [0.2, 0.25) is 0 Å². The van der Waals surface area contributed by atoms with Gasteiger partial charge in [0.1, 0.15) is 0 Å². The zero-order valence-electron chi connectivity index (χ0n) is 12.2. The number of hydrogen-bond acceptors (Lipinski definition) is 5. The van der Waals surface area contributed by atoms with Crippen molar-refractivity contribution in [1.82, 2.24) is 10.1 Å². The Kier molecular flexibility index (Phi) is 4.72. The van der Waals surface area contributed by atoms with Crippen LogP contribution in [0, 0.1) is 0 Å². The average molecular weight is 290 g/mol. The Morgan fingerprint density at radius 3 is 2.81 bits per heavy atom. The summed E-state index contributed by atoms with van der Waals surface area (Å²) in [7, 11) is 0. The Balaban J connectivity index is 1.67. The molecule has 5 heteroatoms. The quantitative estimate of drug-likeness (QED) is 0.886. The average Bonchev–Trinajstić information content (AvgIpc) is 3.19. The van der Waals surface area contributed by atoms with Crippen LogP contribution in [-0.4, -0.2) is 34.4 Å². The number of rotatable bonds is 6. The van der Waals surface area contributed by atoms with E-state index >= 15 is 0 Å². The van der Waals surface area contributed by atoms with E-state index in [1.165, 1.54) is 32.1 Å². The molecule has 2 heterocycles. The van der Waals surface area contributed by atoms with Gasteiger partial charge in [-0.1, -0.05) is 24.4 Å². The van der Waals surface area contributed by atoms with Crippen LogP contribution in [0.5, 0.6) is 0 Å². The topological polar surface area (TPSA) is 62.6 Å². The van der Waals surface area contributed by atoms with Crippen LogP contribution in [0.3, 0.4) is 0 Å². The summed E-state index contributed by atoms with van der Waals surface area (Å²) in [4.78, 5) is 2.32. The molecule has 0 radical (unpaired) electrons. The van der Waals surface area contributed by atoms with Crippen molar-refractivity contribution < 1.29 is 14.0 Å². The lowest BCUT2D eigenvalue weighted by molar-refractivity contribution is 0.114. The molecule has 3 rings (SSSR count). The van der Waals surface area contributed by atoms with E-state index in [0.717, 1.165) is 12.2 Å². The predicted octanol–water partition coefficient (Wildman–Crippen LogP) is 3.06. The highest BCUT2D eigenvalue weighted by atomic mass is 16.5. The van der Waals surface area contributed by atoms with Crippen LogP contribution in [-0.2, 0) is 6.54 Å². The Morgan fingerprint density at radius 2 is 2.10 bits per heavy atom. The van der Waals surface area contributed by atoms with Crippen molar-refractivity contribution in [2.45, 2.75) is 44.7 Å². The zero-order valence-corrected chi connectivity index (χ0v) is 12.2. The Morgan fingerprint density at radius 1 is 1.24 bits per heavy atom. The fourth-order valence-electron chi connectivity index (χ4n) is 3.09. The molecule has 1 aliphatic carbocycles. The standard InChI is InChI=1S/C16H22N2O3/c19-9-8-18(14-5-2-1-3-6-14)12-13-11-16(21-17-13)15-7-4-10-20-15/h4,7,10-11,14,19H,1-3,5-6,8-9,12H2. The fraction of sp³-hybridized carbons (Fsp3) is 0.562. The van der Waals surface area contributed by atoms with Gasteiger partial charge in [0, 0.05) is 25.2 Å². The zero-order chi connectivity index (χ0) is 14.5. The van der Waals surface area contributed by atoms with E-state index in [1.54, 1.807) is 6.26 Å². The lowest BCUT2D eigenvalue weighted by atomic mass is 9.94. The largest absolute Gasteiger partial charge is 0.461 e. The summed E-state index contributed by atoms with van der Waals surface area (Å²) in [5.41, 5.74) is 0.889. The van der Waals surface area contributed by atoms with E-state index in [-0.39, 0.29) is 6.61 Å². The number of furan rings is 1. The first kappa shape index (κ1) is 14.4. The smallest absolute Gasteiger partial charge is 0.202 e. The highest BCUT2D eigenvalue weighted by molar-refractivity contribution is 5.49. The minimum Gasteiger partial charge on any atom is -0.461 e. The first-order valence-electron chi connectivity index (χ1n) is 7.71. The van der Waals surface area contributed by atoms with Crippen molar-refractivity contribution >= 4 is 0 Å². The first-order valence-corrected chi connectivity index (χ1v) is 7.71. The highest BCUT2D eigenvalue weighted by Crippen LogP contribution is 2.25.